The minimum atomic E-state index is 0.0446. The maximum Gasteiger partial charge on any atom is 0.253 e. The Balaban J connectivity index is 1.72. The van der Waals surface area contributed by atoms with Crippen molar-refractivity contribution in [1.82, 2.24) is 4.90 Å². The van der Waals surface area contributed by atoms with Crippen molar-refractivity contribution in [1.29, 1.82) is 0 Å². The molecular weight excluding hydrogens is 268 g/mol. The Hall–Kier alpha value is -1.88. The monoisotopic (exact) mass is 288 g/mol. The highest BCUT2D eigenvalue weighted by atomic mass is 16.5. The summed E-state index contributed by atoms with van der Waals surface area (Å²) in [4.78, 5) is 25.8. The molecule has 0 saturated carbocycles. The largest absolute Gasteiger partial charge is 0.381 e. The van der Waals surface area contributed by atoms with E-state index in [1.165, 1.54) is 0 Å². The number of ether oxygens (including phenoxy) is 1. The van der Waals surface area contributed by atoms with Gasteiger partial charge in [0.15, 0.2) is 0 Å². The summed E-state index contributed by atoms with van der Waals surface area (Å²) in [5.41, 5.74) is 2.59. The second-order valence-electron chi connectivity index (χ2n) is 5.65. The first-order valence-electron chi connectivity index (χ1n) is 7.42. The van der Waals surface area contributed by atoms with Crippen molar-refractivity contribution in [2.45, 2.75) is 31.8 Å². The number of likely N-dealkylation sites (tertiary alicyclic amines) is 1. The lowest BCUT2D eigenvalue weighted by Crippen LogP contribution is -2.40. The van der Waals surface area contributed by atoms with Crippen LogP contribution in [0.25, 0.3) is 0 Å². The van der Waals surface area contributed by atoms with Gasteiger partial charge < -0.3 is 15.0 Å². The SMILES string of the molecule is COC1CCN(C(=O)c2ccc3c(c2)CCC(=O)N3)CC1. The van der Waals surface area contributed by atoms with Gasteiger partial charge in [-0.25, -0.2) is 0 Å². The van der Waals surface area contributed by atoms with E-state index in [4.69, 9.17) is 4.74 Å². The molecule has 2 heterocycles. The number of carbonyl (C=O) groups excluding carboxylic acids is 2. The van der Waals surface area contributed by atoms with Crippen LogP contribution in [-0.2, 0) is 16.0 Å². The van der Waals surface area contributed by atoms with Crippen molar-refractivity contribution in [2.75, 3.05) is 25.5 Å². The van der Waals surface area contributed by atoms with Crippen molar-refractivity contribution in [3.63, 3.8) is 0 Å². The minimum absolute atomic E-state index is 0.0446. The molecule has 0 radical (unpaired) electrons. The molecule has 1 N–H and O–H groups in total. The average molecular weight is 288 g/mol. The molecule has 1 aromatic rings. The molecule has 0 atom stereocenters. The number of hydrogen-bond donors (Lipinski definition) is 1. The van der Waals surface area contributed by atoms with Crippen LogP contribution >= 0.6 is 0 Å². The fraction of sp³-hybridized carbons (Fsp3) is 0.500. The number of piperidine rings is 1. The molecule has 5 heteroatoms. The van der Waals surface area contributed by atoms with Gasteiger partial charge in [0.05, 0.1) is 6.10 Å². The molecule has 21 heavy (non-hydrogen) atoms. The van der Waals surface area contributed by atoms with E-state index in [1.54, 1.807) is 13.2 Å². The number of rotatable bonds is 2. The van der Waals surface area contributed by atoms with Crippen molar-refractivity contribution in [3.05, 3.63) is 29.3 Å². The molecule has 0 spiro atoms. The molecular formula is C16H20N2O3. The zero-order valence-electron chi connectivity index (χ0n) is 12.2. The number of benzene rings is 1. The fourth-order valence-corrected chi connectivity index (χ4v) is 2.99. The van der Waals surface area contributed by atoms with E-state index in [0.717, 1.165) is 37.2 Å². The Morgan fingerprint density at radius 3 is 2.76 bits per heavy atom. The lowest BCUT2D eigenvalue weighted by molar-refractivity contribution is -0.116. The number of methoxy groups -OCH3 is 1. The number of fused-ring (bicyclic) bond motifs is 1. The van der Waals surface area contributed by atoms with Crippen molar-refractivity contribution < 1.29 is 14.3 Å². The van der Waals surface area contributed by atoms with E-state index in [0.29, 0.717) is 18.4 Å². The highest BCUT2D eigenvalue weighted by molar-refractivity contribution is 5.98. The summed E-state index contributed by atoms with van der Waals surface area (Å²) in [5.74, 6) is 0.118. The Morgan fingerprint density at radius 1 is 1.29 bits per heavy atom. The van der Waals surface area contributed by atoms with Gasteiger partial charge in [0, 0.05) is 37.9 Å². The van der Waals surface area contributed by atoms with Gasteiger partial charge in [-0.3, -0.25) is 9.59 Å². The molecule has 3 rings (SSSR count). The Kier molecular flexibility index (Phi) is 3.92. The second-order valence-corrected chi connectivity index (χ2v) is 5.65. The summed E-state index contributed by atoms with van der Waals surface area (Å²) in [6.45, 7) is 1.48. The van der Waals surface area contributed by atoms with E-state index >= 15 is 0 Å². The minimum Gasteiger partial charge on any atom is -0.381 e. The lowest BCUT2D eigenvalue weighted by atomic mass is 9.99. The van der Waals surface area contributed by atoms with Crippen molar-refractivity contribution in [2.24, 2.45) is 0 Å². The third kappa shape index (κ3) is 2.93. The summed E-state index contributed by atoms with van der Waals surface area (Å²) in [7, 11) is 1.72. The smallest absolute Gasteiger partial charge is 0.253 e. The van der Waals surface area contributed by atoms with E-state index in [2.05, 4.69) is 5.32 Å². The number of anilines is 1. The van der Waals surface area contributed by atoms with Gasteiger partial charge in [0.2, 0.25) is 5.91 Å². The number of nitrogens with one attached hydrogen (secondary N) is 1. The van der Waals surface area contributed by atoms with Gasteiger partial charge in [-0.05, 0) is 43.0 Å². The molecule has 1 aromatic carbocycles. The third-order valence-corrected chi connectivity index (χ3v) is 4.31. The predicted octanol–water partition coefficient (Wildman–Crippen LogP) is 1.82. The van der Waals surface area contributed by atoms with E-state index in [-0.39, 0.29) is 17.9 Å². The summed E-state index contributed by atoms with van der Waals surface area (Å²) in [6, 6.07) is 5.55. The van der Waals surface area contributed by atoms with Crippen molar-refractivity contribution in [3.8, 4) is 0 Å². The summed E-state index contributed by atoms with van der Waals surface area (Å²) < 4.78 is 5.33. The van der Waals surface area contributed by atoms with Crippen LogP contribution in [0.15, 0.2) is 18.2 Å². The van der Waals surface area contributed by atoms with Crippen LogP contribution in [-0.4, -0.2) is 43.0 Å². The topological polar surface area (TPSA) is 58.6 Å². The molecule has 0 unspecified atom stereocenters. The first kappa shape index (κ1) is 14.1. The zero-order chi connectivity index (χ0) is 14.8. The number of carbonyl (C=O) groups is 2. The van der Waals surface area contributed by atoms with E-state index in [1.807, 2.05) is 17.0 Å². The molecule has 0 aromatic heterocycles. The van der Waals surface area contributed by atoms with Gasteiger partial charge in [0.1, 0.15) is 0 Å². The standard InChI is InChI=1S/C16H20N2O3/c1-21-13-6-8-18(9-7-13)16(20)12-2-4-14-11(10-12)3-5-15(19)17-14/h2,4,10,13H,3,5-9H2,1H3,(H,17,19). The summed E-state index contributed by atoms with van der Waals surface area (Å²) in [5, 5.41) is 2.84. The highest BCUT2D eigenvalue weighted by Crippen LogP contribution is 2.25. The van der Waals surface area contributed by atoms with Crippen LogP contribution in [0.5, 0.6) is 0 Å². The van der Waals surface area contributed by atoms with Crippen LogP contribution in [0.1, 0.15) is 35.2 Å². The fourth-order valence-electron chi connectivity index (χ4n) is 2.99. The number of aryl methyl sites for hydroxylation is 1. The molecule has 2 aliphatic rings. The Bertz CT molecular complexity index is 563. The van der Waals surface area contributed by atoms with Crippen LogP contribution in [0, 0.1) is 0 Å². The quantitative estimate of drug-likeness (QED) is 0.903. The van der Waals surface area contributed by atoms with E-state index in [9.17, 15) is 9.59 Å². The van der Waals surface area contributed by atoms with Gasteiger partial charge in [-0.1, -0.05) is 0 Å². The van der Waals surface area contributed by atoms with Crippen molar-refractivity contribution >= 4 is 17.5 Å². The predicted molar refractivity (Wildman–Crippen MR) is 79.3 cm³/mol. The molecule has 1 saturated heterocycles. The van der Waals surface area contributed by atoms with Crippen LogP contribution in [0.2, 0.25) is 0 Å². The average Bonchev–Trinajstić information content (AvgIpc) is 2.53. The molecule has 112 valence electrons. The highest BCUT2D eigenvalue weighted by Gasteiger charge is 2.24. The first-order valence-corrected chi connectivity index (χ1v) is 7.42. The van der Waals surface area contributed by atoms with E-state index < -0.39 is 0 Å². The van der Waals surface area contributed by atoms with Gasteiger partial charge in [0.25, 0.3) is 5.91 Å². The van der Waals surface area contributed by atoms with Gasteiger partial charge in [-0.2, -0.15) is 0 Å². The van der Waals surface area contributed by atoms with Crippen LogP contribution in [0.4, 0.5) is 5.69 Å². The molecule has 0 bridgehead atoms. The Labute approximate surface area is 124 Å². The zero-order valence-corrected chi connectivity index (χ0v) is 12.2. The summed E-state index contributed by atoms with van der Waals surface area (Å²) >= 11 is 0. The van der Waals surface area contributed by atoms with Gasteiger partial charge >= 0.3 is 0 Å². The first-order chi connectivity index (χ1) is 10.2. The number of hydrogen-bond acceptors (Lipinski definition) is 3. The Morgan fingerprint density at radius 2 is 2.05 bits per heavy atom. The number of amides is 2. The summed E-state index contributed by atoms with van der Waals surface area (Å²) in [6.07, 6.45) is 3.25. The third-order valence-electron chi connectivity index (χ3n) is 4.31. The molecule has 5 nitrogen and oxygen atoms in total. The maximum absolute atomic E-state index is 12.5. The molecule has 1 fully saturated rings. The molecule has 2 amide bonds. The molecule has 0 aliphatic carbocycles. The second kappa shape index (κ2) is 5.85. The lowest BCUT2D eigenvalue weighted by Gasteiger charge is -2.31. The van der Waals surface area contributed by atoms with Crippen LogP contribution in [0.3, 0.4) is 0 Å². The number of nitrogens with zero attached hydrogens (tertiary/aromatic N) is 1. The maximum atomic E-state index is 12.5. The molecule has 2 aliphatic heterocycles. The van der Waals surface area contributed by atoms with Gasteiger partial charge in [-0.15, -0.1) is 0 Å². The van der Waals surface area contributed by atoms with Crippen LogP contribution < -0.4 is 5.32 Å². The normalized spacial score (nSPS) is 19.1.